The average Bonchev–Trinajstić information content (AvgIpc) is 2.40. The van der Waals surface area contributed by atoms with Crippen LogP contribution in [-0.2, 0) is 0 Å². The van der Waals surface area contributed by atoms with Gasteiger partial charge in [0.25, 0.3) is 0 Å². The van der Waals surface area contributed by atoms with E-state index in [1.165, 1.54) is 13.3 Å². The Morgan fingerprint density at radius 3 is 2.50 bits per heavy atom. The Morgan fingerprint density at radius 1 is 1.30 bits per heavy atom. The van der Waals surface area contributed by atoms with Crippen molar-refractivity contribution in [1.29, 1.82) is 0 Å². The van der Waals surface area contributed by atoms with E-state index in [0.717, 1.165) is 17.0 Å². The molecule has 106 valence electrons. The van der Waals surface area contributed by atoms with Crippen LogP contribution in [0.1, 0.15) is 28.6 Å². The number of aromatic nitrogens is 2. The van der Waals surface area contributed by atoms with Gasteiger partial charge in [0.15, 0.2) is 5.82 Å². The van der Waals surface area contributed by atoms with Gasteiger partial charge >= 0.3 is 0 Å². The fraction of sp³-hybridized carbons (Fsp3) is 0.286. The number of nitrogens with zero attached hydrogens (tertiary/aromatic N) is 2. The standard InChI is InChI=1S/C14H17FN4O/c1-8-6-10(7-9(2)18-8)13(19-16)11-4-5-17-14(20-3)12(11)15/h4-7,13,19H,16H2,1-3H3. The van der Waals surface area contributed by atoms with Crippen molar-refractivity contribution in [2.24, 2.45) is 5.84 Å². The van der Waals surface area contributed by atoms with E-state index in [-0.39, 0.29) is 5.88 Å². The van der Waals surface area contributed by atoms with Gasteiger partial charge in [0.05, 0.1) is 13.2 Å². The van der Waals surface area contributed by atoms with Crippen LogP contribution in [0.4, 0.5) is 4.39 Å². The fourth-order valence-corrected chi connectivity index (χ4v) is 2.20. The lowest BCUT2D eigenvalue weighted by molar-refractivity contribution is 0.364. The van der Waals surface area contributed by atoms with Gasteiger partial charge in [-0.25, -0.2) is 14.8 Å². The molecule has 1 unspecified atom stereocenters. The van der Waals surface area contributed by atoms with E-state index >= 15 is 0 Å². The minimum Gasteiger partial charge on any atom is -0.479 e. The maximum Gasteiger partial charge on any atom is 0.250 e. The summed E-state index contributed by atoms with van der Waals surface area (Å²) in [6, 6.07) is 4.81. The van der Waals surface area contributed by atoms with E-state index in [2.05, 4.69) is 15.4 Å². The largest absolute Gasteiger partial charge is 0.479 e. The molecule has 0 bridgehead atoms. The maximum absolute atomic E-state index is 14.3. The fourth-order valence-electron chi connectivity index (χ4n) is 2.20. The highest BCUT2D eigenvalue weighted by atomic mass is 19.1. The first-order valence-electron chi connectivity index (χ1n) is 6.16. The van der Waals surface area contributed by atoms with Crippen LogP contribution in [0.2, 0.25) is 0 Å². The van der Waals surface area contributed by atoms with Crippen LogP contribution in [0, 0.1) is 19.7 Å². The van der Waals surface area contributed by atoms with E-state index < -0.39 is 11.9 Å². The Balaban J connectivity index is 2.52. The lowest BCUT2D eigenvalue weighted by Gasteiger charge is -2.19. The zero-order chi connectivity index (χ0) is 14.7. The minimum atomic E-state index is -0.523. The van der Waals surface area contributed by atoms with Gasteiger partial charge in [-0.3, -0.25) is 10.8 Å². The van der Waals surface area contributed by atoms with Gasteiger partial charge in [0.2, 0.25) is 5.88 Å². The second-order valence-electron chi connectivity index (χ2n) is 4.51. The Labute approximate surface area is 117 Å². The number of ether oxygens (including phenoxy) is 1. The average molecular weight is 276 g/mol. The zero-order valence-electron chi connectivity index (χ0n) is 11.6. The number of methoxy groups -OCH3 is 1. The normalized spacial score (nSPS) is 12.2. The van der Waals surface area contributed by atoms with Crippen LogP contribution in [-0.4, -0.2) is 17.1 Å². The quantitative estimate of drug-likeness (QED) is 0.658. The number of halogens is 1. The summed E-state index contributed by atoms with van der Waals surface area (Å²) in [6.07, 6.45) is 1.49. The number of pyridine rings is 2. The number of aryl methyl sites for hydroxylation is 2. The first-order valence-corrected chi connectivity index (χ1v) is 6.16. The number of rotatable bonds is 4. The molecule has 2 heterocycles. The monoisotopic (exact) mass is 276 g/mol. The molecule has 2 aromatic rings. The molecule has 5 nitrogen and oxygen atoms in total. The molecule has 0 radical (unpaired) electrons. The molecule has 0 amide bonds. The third-order valence-corrected chi connectivity index (χ3v) is 3.00. The summed E-state index contributed by atoms with van der Waals surface area (Å²) in [5, 5.41) is 0. The highest BCUT2D eigenvalue weighted by Gasteiger charge is 2.20. The van der Waals surface area contributed by atoms with Crippen molar-refractivity contribution in [1.82, 2.24) is 15.4 Å². The summed E-state index contributed by atoms with van der Waals surface area (Å²) in [6.45, 7) is 3.77. The highest BCUT2D eigenvalue weighted by molar-refractivity contribution is 5.36. The third kappa shape index (κ3) is 2.76. The van der Waals surface area contributed by atoms with Gasteiger partial charge in [0, 0.05) is 23.1 Å². The second-order valence-corrected chi connectivity index (χ2v) is 4.51. The number of nitrogens with one attached hydrogen (secondary N) is 1. The molecule has 3 N–H and O–H groups in total. The van der Waals surface area contributed by atoms with Crippen LogP contribution >= 0.6 is 0 Å². The lowest BCUT2D eigenvalue weighted by Crippen LogP contribution is -2.30. The summed E-state index contributed by atoms with van der Waals surface area (Å²) >= 11 is 0. The van der Waals surface area contributed by atoms with Gasteiger partial charge in [-0.05, 0) is 37.6 Å². The molecule has 0 spiro atoms. The van der Waals surface area contributed by atoms with E-state index in [1.54, 1.807) is 6.07 Å². The molecule has 2 aromatic heterocycles. The third-order valence-electron chi connectivity index (χ3n) is 3.00. The van der Waals surface area contributed by atoms with E-state index in [4.69, 9.17) is 10.6 Å². The Bertz CT molecular complexity index is 598. The summed E-state index contributed by atoms with van der Waals surface area (Å²) in [5.41, 5.74) is 5.54. The number of hydrogen-bond acceptors (Lipinski definition) is 5. The van der Waals surface area contributed by atoms with Gasteiger partial charge in [-0.1, -0.05) is 0 Å². The maximum atomic E-state index is 14.3. The van der Waals surface area contributed by atoms with Gasteiger partial charge in [-0.15, -0.1) is 0 Å². The molecule has 1 atom stereocenters. The van der Waals surface area contributed by atoms with Crippen molar-refractivity contribution in [3.8, 4) is 5.88 Å². The van der Waals surface area contributed by atoms with Crippen molar-refractivity contribution in [2.45, 2.75) is 19.9 Å². The van der Waals surface area contributed by atoms with Crippen LogP contribution in [0.15, 0.2) is 24.4 Å². The molecule has 0 saturated heterocycles. The minimum absolute atomic E-state index is 0.0507. The number of hydrogen-bond donors (Lipinski definition) is 2. The molecule has 0 saturated carbocycles. The highest BCUT2D eigenvalue weighted by Crippen LogP contribution is 2.27. The van der Waals surface area contributed by atoms with E-state index in [0.29, 0.717) is 5.56 Å². The topological polar surface area (TPSA) is 73.1 Å². The molecule has 0 aliphatic heterocycles. The summed E-state index contributed by atoms with van der Waals surface area (Å²) in [4.78, 5) is 8.13. The van der Waals surface area contributed by atoms with Crippen molar-refractivity contribution in [3.05, 3.63) is 52.7 Å². The Kier molecular flexibility index (Phi) is 4.26. The predicted molar refractivity (Wildman–Crippen MR) is 73.6 cm³/mol. The molecule has 0 aromatic carbocycles. The van der Waals surface area contributed by atoms with Crippen molar-refractivity contribution in [2.75, 3.05) is 7.11 Å². The van der Waals surface area contributed by atoms with E-state index in [1.807, 2.05) is 26.0 Å². The molecule has 0 fully saturated rings. The van der Waals surface area contributed by atoms with Gasteiger partial charge in [-0.2, -0.15) is 0 Å². The Hall–Kier alpha value is -2.05. The number of hydrazine groups is 1. The molecule has 0 aliphatic carbocycles. The van der Waals surface area contributed by atoms with Crippen molar-refractivity contribution >= 4 is 0 Å². The van der Waals surface area contributed by atoms with Crippen LogP contribution in [0.25, 0.3) is 0 Å². The first-order chi connectivity index (χ1) is 9.56. The first kappa shape index (κ1) is 14.4. The van der Waals surface area contributed by atoms with Gasteiger partial charge < -0.3 is 4.74 Å². The molecule has 0 aliphatic rings. The lowest BCUT2D eigenvalue weighted by atomic mass is 9.99. The predicted octanol–water partition coefficient (Wildman–Crippen LogP) is 1.79. The molecule has 6 heteroatoms. The van der Waals surface area contributed by atoms with E-state index in [9.17, 15) is 4.39 Å². The second kappa shape index (κ2) is 5.94. The van der Waals surface area contributed by atoms with Crippen LogP contribution in [0.3, 0.4) is 0 Å². The summed E-state index contributed by atoms with van der Waals surface area (Å²) in [7, 11) is 1.38. The summed E-state index contributed by atoms with van der Waals surface area (Å²) < 4.78 is 19.2. The molecule has 2 rings (SSSR count). The molecule has 20 heavy (non-hydrogen) atoms. The van der Waals surface area contributed by atoms with Crippen LogP contribution < -0.4 is 16.0 Å². The van der Waals surface area contributed by atoms with Crippen molar-refractivity contribution in [3.63, 3.8) is 0 Å². The van der Waals surface area contributed by atoms with Crippen LogP contribution in [0.5, 0.6) is 5.88 Å². The zero-order valence-corrected chi connectivity index (χ0v) is 11.6. The SMILES string of the molecule is COc1nccc(C(NN)c2cc(C)nc(C)c2)c1F. The van der Waals surface area contributed by atoms with Crippen molar-refractivity contribution < 1.29 is 9.13 Å². The summed E-state index contributed by atoms with van der Waals surface area (Å²) in [5.74, 6) is 5.03. The molecular formula is C14H17FN4O. The Morgan fingerprint density at radius 2 is 1.95 bits per heavy atom. The molecular weight excluding hydrogens is 259 g/mol. The smallest absolute Gasteiger partial charge is 0.250 e. The van der Waals surface area contributed by atoms with Gasteiger partial charge in [0.1, 0.15) is 0 Å². The number of nitrogens with two attached hydrogens (primary N) is 1.